The normalized spacial score (nSPS) is 11.6. The first-order valence-corrected chi connectivity index (χ1v) is 10.1. The summed E-state index contributed by atoms with van der Waals surface area (Å²) in [4.78, 5) is 12.4. The highest BCUT2D eigenvalue weighted by atomic mass is 35.5. The van der Waals surface area contributed by atoms with Gasteiger partial charge in [0.05, 0.1) is 15.5 Å². The van der Waals surface area contributed by atoms with Gasteiger partial charge in [-0.15, -0.1) is 0 Å². The van der Waals surface area contributed by atoms with Crippen LogP contribution in [0.4, 0.5) is 0 Å². The smallest absolute Gasteiger partial charge is 0.340 e. The van der Waals surface area contributed by atoms with Gasteiger partial charge in [-0.1, -0.05) is 49.7 Å². The number of ether oxygens (including phenoxy) is 1. The van der Waals surface area contributed by atoms with Crippen LogP contribution in [0.5, 0.6) is 0 Å². The Labute approximate surface area is 159 Å². The molecule has 140 valence electrons. The van der Waals surface area contributed by atoms with Gasteiger partial charge in [-0.05, 0) is 36.2 Å². The van der Waals surface area contributed by atoms with Gasteiger partial charge in [0.15, 0.2) is 0 Å². The third-order valence-electron chi connectivity index (χ3n) is 4.12. The average Bonchev–Trinajstić information content (AvgIpc) is 2.61. The van der Waals surface area contributed by atoms with Gasteiger partial charge >= 0.3 is 5.97 Å². The van der Waals surface area contributed by atoms with E-state index in [-0.39, 0.29) is 22.1 Å². The molecule has 0 atom stereocenters. The van der Waals surface area contributed by atoms with E-state index in [0.29, 0.717) is 13.1 Å². The third-order valence-corrected chi connectivity index (χ3v) is 6.50. The first kappa shape index (κ1) is 20.4. The molecule has 2 aromatic rings. The van der Waals surface area contributed by atoms with Crippen LogP contribution < -0.4 is 0 Å². The number of benzene rings is 2. The molecule has 0 heterocycles. The van der Waals surface area contributed by atoms with Crippen molar-refractivity contribution in [1.29, 1.82) is 0 Å². The molecule has 2 aromatic carbocycles. The van der Waals surface area contributed by atoms with Gasteiger partial charge in [-0.3, -0.25) is 0 Å². The maximum absolute atomic E-state index is 12.6. The van der Waals surface area contributed by atoms with Crippen LogP contribution in [0.25, 0.3) is 0 Å². The molecule has 0 aromatic heterocycles. The van der Waals surface area contributed by atoms with Gasteiger partial charge in [-0.2, -0.15) is 4.31 Å². The van der Waals surface area contributed by atoms with E-state index < -0.39 is 16.0 Å². The van der Waals surface area contributed by atoms with Crippen LogP contribution in [0.15, 0.2) is 47.4 Å². The van der Waals surface area contributed by atoms with Crippen molar-refractivity contribution < 1.29 is 17.9 Å². The summed E-state index contributed by atoms with van der Waals surface area (Å²) in [5.41, 5.74) is 1.92. The summed E-state index contributed by atoms with van der Waals surface area (Å²) in [5.74, 6) is -0.658. The number of aryl methyl sites for hydroxylation is 1. The molecule has 0 aliphatic heterocycles. The summed E-state index contributed by atoms with van der Waals surface area (Å²) in [7, 11) is -3.68. The fourth-order valence-corrected chi connectivity index (χ4v) is 4.21. The largest absolute Gasteiger partial charge is 0.457 e. The van der Waals surface area contributed by atoms with E-state index >= 15 is 0 Å². The molecule has 0 radical (unpaired) electrons. The fourth-order valence-electron chi connectivity index (χ4n) is 2.53. The highest BCUT2D eigenvalue weighted by molar-refractivity contribution is 7.89. The Bertz CT molecular complexity index is 892. The minimum atomic E-state index is -3.68. The van der Waals surface area contributed by atoms with Gasteiger partial charge in [0.1, 0.15) is 6.61 Å². The lowest BCUT2D eigenvalue weighted by Gasteiger charge is -2.19. The fraction of sp³-hybridized carbons (Fsp3) is 0.316. The maximum Gasteiger partial charge on any atom is 0.340 e. The van der Waals surface area contributed by atoms with Crippen molar-refractivity contribution in [3.05, 3.63) is 64.2 Å². The number of hydrogen-bond acceptors (Lipinski definition) is 4. The molecular formula is C19H22ClNO4S. The van der Waals surface area contributed by atoms with Crippen molar-refractivity contribution in [2.24, 2.45) is 0 Å². The van der Waals surface area contributed by atoms with Crippen LogP contribution in [-0.2, 0) is 21.4 Å². The number of esters is 1. The molecule has 26 heavy (non-hydrogen) atoms. The summed E-state index contributed by atoms with van der Waals surface area (Å²) in [6, 6.07) is 11.6. The maximum atomic E-state index is 12.6. The molecule has 7 heteroatoms. The molecule has 0 saturated heterocycles. The number of rotatable bonds is 7. The zero-order valence-corrected chi connectivity index (χ0v) is 16.6. The summed E-state index contributed by atoms with van der Waals surface area (Å²) in [5, 5.41) is 0.151. The lowest BCUT2D eigenvalue weighted by molar-refractivity contribution is 0.0472. The minimum absolute atomic E-state index is 0.0217. The van der Waals surface area contributed by atoms with Crippen LogP contribution in [0.2, 0.25) is 5.02 Å². The Morgan fingerprint density at radius 1 is 1.12 bits per heavy atom. The Kier molecular flexibility index (Phi) is 6.81. The van der Waals surface area contributed by atoms with Crippen molar-refractivity contribution in [1.82, 2.24) is 4.31 Å². The lowest BCUT2D eigenvalue weighted by Crippen LogP contribution is -2.30. The Morgan fingerprint density at radius 3 is 2.38 bits per heavy atom. The molecule has 0 unspecified atom stereocenters. The van der Waals surface area contributed by atoms with Gasteiger partial charge < -0.3 is 4.74 Å². The number of nitrogens with zero attached hydrogens (tertiary/aromatic N) is 1. The topological polar surface area (TPSA) is 63.7 Å². The van der Waals surface area contributed by atoms with Crippen molar-refractivity contribution in [3.8, 4) is 0 Å². The molecule has 0 saturated carbocycles. The van der Waals surface area contributed by atoms with E-state index in [1.807, 2.05) is 31.2 Å². The van der Waals surface area contributed by atoms with Crippen LogP contribution in [-0.4, -0.2) is 31.8 Å². The monoisotopic (exact) mass is 395 g/mol. The standard InChI is InChI=1S/C19H22ClNO4S/c1-4-21(5-2)26(23,24)16-10-11-18(20)17(12-16)19(22)25-13-15-9-7-6-8-14(15)3/h6-12H,4-5,13H2,1-3H3. The molecule has 2 rings (SSSR count). The van der Waals surface area contributed by atoms with Crippen molar-refractivity contribution >= 4 is 27.6 Å². The molecular weight excluding hydrogens is 374 g/mol. The van der Waals surface area contributed by atoms with Crippen molar-refractivity contribution in [2.45, 2.75) is 32.3 Å². The number of carbonyl (C=O) groups excluding carboxylic acids is 1. The second kappa shape index (κ2) is 8.66. The first-order valence-electron chi connectivity index (χ1n) is 8.32. The lowest BCUT2D eigenvalue weighted by atomic mass is 10.1. The summed E-state index contributed by atoms with van der Waals surface area (Å²) in [6.45, 7) is 6.22. The van der Waals surface area contributed by atoms with Crippen LogP contribution in [0, 0.1) is 6.92 Å². The Hall–Kier alpha value is -1.89. The molecule has 0 spiro atoms. The molecule has 0 bridgehead atoms. The van der Waals surface area contributed by atoms with Crippen molar-refractivity contribution in [3.63, 3.8) is 0 Å². The summed E-state index contributed by atoms with van der Waals surface area (Å²) >= 11 is 6.09. The van der Waals surface area contributed by atoms with Gasteiger partial charge in [0.25, 0.3) is 0 Å². The van der Waals surface area contributed by atoms with Crippen LogP contribution in [0.1, 0.15) is 35.3 Å². The van der Waals surface area contributed by atoms with Crippen LogP contribution >= 0.6 is 11.6 Å². The predicted octanol–water partition coefficient (Wildman–Crippen LogP) is 4.04. The minimum Gasteiger partial charge on any atom is -0.457 e. The highest BCUT2D eigenvalue weighted by Crippen LogP contribution is 2.24. The van der Waals surface area contributed by atoms with E-state index in [4.69, 9.17) is 16.3 Å². The Balaban J connectivity index is 2.26. The molecule has 0 aliphatic rings. The molecule has 0 amide bonds. The van der Waals surface area contributed by atoms with E-state index in [1.54, 1.807) is 13.8 Å². The number of halogens is 1. The third kappa shape index (κ3) is 4.44. The quantitative estimate of drug-likeness (QED) is 0.664. The summed E-state index contributed by atoms with van der Waals surface area (Å²) in [6.07, 6.45) is 0. The zero-order chi connectivity index (χ0) is 19.3. The average molecular weight is 396 g/mol. The molecule has 0 fully saturated rings. The zero-order valence-electron chi connectivity index (χ0n) is 15.0. The van der Waals surface area contributed by atoms with E-state index in [9.17, 15) is 13.2 Å². The summed E-state index contributed by atoms with van der Waals surface area (Å²) < 4.78 is 31.9. The predicted molar refractivity (Wildman–Crippen MR) is 102 cm³/mol. The molecule has 5 nitrogen and oxygen atoms in total. The molecule has 0 N–H and O–H groups in total. The number of carbonyl (C=O) groups is 1. The van der Waals surface area contributed by atoms with E-state index in [0.717, 1.165) is 11.1 Å². The SMILES string of the molecule is CCN(CC)S(=O)(=O)c1ccc(Cl)c(C(=O)OCc2ccccc2C)c1. The second-order valence-corrected chi connectivity index (χ2v) is 8.08. The molecule has 0 aliphatic carbocycles. The second-order valence-electron chi connectivity index (χ2n) is 5.73. The first-order chi connectivity index (χ1) is 12.3. The van der Waals surface area contributed by atoms with Gasteiger partial charge in [0, 0.05) is 13.1 Å². The van der Waals surface area contributed by atoms with Crippen molar-refractivity contribution in [2.75, 3.05) is 13.1 Å². The van der Waals surface area contributed by atoms with E-state index in [1.165, 1.54) is 22.5 Å². The number of sulfonamides is 1. The Morgan fingerprint density at radius 2 is 1.77 bits per heavy atom. The van der Waals surface area contributed by atoms with Gasteiger partial charge in [0.2, 0.25) is 10.0 Å². The van der Waals surface area contributed by atoms with Gasteiger partial charge in [-0.25, -0.2) is 13.2 Å². The number of hydrogen-bond donors (Lipinski definition) is 0. The van der Waals surface area contributed by atoms with Crippen LogP contribution in [0.3, 0.4) is 0 Å². The van der Waals surface area contributed by atoms with E-state index in [2.05, 4.69) is 0 Å². The highest BCUT2D eigenvalue weighted by Gasteiger charge is 2.24.